The number of amides is 2. The number of isothiocyanates is 1. The highest BCUT2D eigenvalue weighted by Gasteiger charge is 2.31. The lowest BCUT2D eigenvalue weighted by atomic mass is 10.2. The lowest BCUT2D eigenvalue weighted by molar-refractivity contribution is -0.138. The lowest BCUT2D eigenvalue weighted by Gasteiger charge is -2.17. The first-order valence-electron chi connectivity index (χ1n) is 23.3. The number of nitrogens with one attached hydrogen (secondary N) is 4. The number of thiocarbonyl (C=S) groups is 1. The van der Waals surface area contributed by atoms with Crippen LogP contribution >= 0.6 is 12.2 Å². The Morgan fingerprint density at radius 3 is 1.60 bits per heavy atom. The zero-order valence-electron chi connectivity index (χ0n) is 41.8. The predicted molar refractivity (Wildman–Crippen MR) is 283 cm³/mol. The van der Waals surface area contributed by atoms with Gasteiger partial charge < -0.3 is 41.0 Å². The highest BCUT2D eigenvalue weighted by Crippen LogP contribution is 2.33. The molecule has 2 amide bonds. The van der Waals surface area contributed by atoms with Crippen molar-refractivity contribution in [2.45, 2.75) is 40.0 Å². The van der Waals surface area contributed by atoms with Crippen molar-refractivity contribution in [1.82, 2.24) is 29.3 Å². The fourth-order valence-electron chi connectivity index (χ4n) is 6.86. The average molecular weight is 1060 g/mol. The van der Waals surface area contributed by atoms with Gasteiger partial charge in [0.15, 0.2) is 0 Å². The molecule has 0 aliphatic heterocycles. The summed E-state index contributed by atoms with van der Waals surface area (Å²) in [5.74, 6) is 3.25. The van der Waals surface area contributed by atoms with Gasteiger partial charge in [-0.05, 0) is 123 Å². The Morgan fingerprint density at radius 2 is 1.15 bits per heavy atom. The van der Waals surface area contributed by atoms with Crippen LogP contribution in [-0.2, 0) is 29.0 Å². The van der Waals surface area contributed by atoms with E-state index >= 15 is 0 Å². The number of aryl methyl sites for hydroxylation is 1. The van der Waals surface area contributed by atoms with Crippen LogP contribution in [0.5, 0.6) is 23.0 Å². The molecule has 0 aliphatic rings. The molecule has 0 unspecified atom stereocenters. The van der Waals surface area contributed by atoms with E-state index in [0.717, 1.165) is 61.6 Å². The summed E-state index contributed by atoms with van der Waals surface area (Å²) in [6, 6.07) is 26.6. The van der Waals surface area contributed by atoms with Gasteiger partial charge in [-0.15, -0.1) is 0 Å². The molecular weight excluding hydrogens is 1000 g/mol. The van der Waals surface area contributed by atoms with Gasteiger partial charge in [-0.3, -0.25) is 19.4 Å². The van der Waals surface area contributed by atoms with Crippen LogP contribution < -0.4 is 36.5 Å². The van der Waals surface area contributed by atoms with Gasteiger partial charge in [0, 0.05) is 56.4 Å². The fourth-order valence-corrected chi connectivity index (χ4v) is 6.97. The van der Waals surface area contributed by atoms with Gasteiger partial charge >= 0.3 is 12.4 Å². The number of aromatic nitrogens is 4. The molecule has 4 aromatic carbocycles. The number of fused-ring (bicyclic) bond motifs is 1. The van der Waals surface area contributed by atoms with Crippen LogP contribution in [0.1, 0.15) is 38.8 Å². The number of likely N-dealkylation sites (N-methyl/N-ethyl adjacent to an activating group) is 2. The molecule has 75 heavy (non-hydrogen) atoms. The highest BCUT2D eigenvalue weighted by molar-refractivity contribution is 7.78. The normalized spacial score (nSPS) is 11.1. The molecule has 0 aliphatic carbocycles. The van der Waals surface area contributed by atoms with Crippen LogP contribution in [0, 0.1) is 0 Å². The molecule has 16 nitrogen and oxygen atoms in total. The third-order valence-corrected chi connectivity index (χ3v) is 11.1. The number of benzene rings is 4. The summed E-state index contributed by atoms with van der Waals surface area (Å²) >= 11 is 4.30. The van der Waals surface area contributed by atoms with E-state index in [0.29, 0.717) is 69.7 Å². The fraction of sp³-hybridized carbons (Fsp3) is 0.269. The molecule has 7 aromatic rings. The number of hydrogen-bond acceptors (Lipinski definition) is 14. The summed E-state index contributed by atoms with van der Waals surface area (Å²) in [4.78, 5) is 44.8. The van der Waals surface area contributed by atoms with Crippen molar-refractivity contribution in [3.8, 4) is 23.0 Å². The number of nitrogen functional groups attached to an aromatic ring is 1. The van der Waals surface area contributed by atoms with Gasteiger partial charge in [-0.2, -0.15) is 31.3 Å². The average Bonchev–Trinajstić information content (AvgIpc) is 3.68. The van der Waals surface area contributed by atoms with E-state index < -0.39 is 23.5 Å². The third-order valence-electron chi connectivity index (χ3n) is 11.0. The van der Waals surface area contributed by atoms with E-state index in [9.17, 15) is 35.9 Å². The second-order valence-corrected chi connectivity index (χ2v) is 16.3. The number of anilines is 6. The molecule has 396 valence electrons. The minimum absolute atomic E-state index is 0.101. The Kier molecular flexibility index (Phi) is 21.0. The maximum absolute atomic E-state index is 12.8. The van der Waals surface area contributed by atoms with Gasteiger partial charge in [0.2, 0.25) is 17.8 Å². The second kappa shape index (κ2) is 27.3. The number of halogens is 6. The van der Waals surface area contributed by atoms with Crippen molar-refractivity contribution < 1.29 is 45.4 Å². The molecule has 0 saturated heterocycles. The van der Waals surface area contributed by atoms with E-state index in [2.05, 4.69) is 58.6 Å². The maximum Gasteiger partial charge on any atom is 0.416 e. The molecule has 0 radical (unpaired) electrons. The van der Waals surface area contributed by atoms with Crippen molar-refractivity contribution in [3.63, 3.8) is 0 Å². The largest absolute Gasteiger partial charge is 0.457 e. The molecule has 7 rings (SSSR count). The molecule has 0 fully saturated rings. The SMILES string of the molecule is CCN(CC)CC(=O)Nc1cc(Oc2ccc(NC)c(N)c2)ccn1.CCN(CC)CC(=O)Nc1cc(Oc2ccc3c(c2)nc(Nc2ccc(C(F)(F)F)cc2)n3C)ccn1.FC(F)(F)c1ccc(N=C=S)cc1. The van der Waals surface area contributed by atoms with Crippen molar-refractivity contribution in [2.75, 3.05) is 73.3 Å². The molecular formula is C52H56F6N12O4S. The minimum atomic E-state index is -4.39. The summed E-state index contributed by atoms with van der Waals surface area (Å²) in [7, 11) is 3.61. The number of hydrogen-bond donors (Lipinski definition) is 5. The molecule has 6 N–H and O–H groups in total. The topological polar surface area (TPSA) is 189 Å². The molecule has 0 saturated carbocycles. The number of pyridine rings is 2. The molecule has 3 aromatic heterocycles. The van der Waals surface area contributed by atoms with Crippen LogP contribution in [-0.4, -0.2) is 92.6 Å². The second-order valence-electron chi connectivity index (χ2n) is 16.1. The van der Waals surface area contributed by atoms with Crippen LogP contribution in [0.25, 0.3) is 11.0 Å². The van der Waals surface area contributed by atoms with Crippen molar-refractivity contribution in [1.29, 1.82) is 0 Å². The Morgan fingerprint density at radius 1 is 0.680 bits per heavy atom. The van der Waals surface area contributed by atoms with Crippen molar-refractivity contribution in [2.24, 2.45) is 12.0 Å². The van der Waals surface area contributed by atoms with Crippen LogP contribution in [0.2, 0.25) is 0 Å². The summed E-state index contributed by atoms with van der Waals surface area (Å²) in [5, 5.41) is 13.7. The quantitative estimate of drug-likeness (QED) is 0.0236. The number of rotatable bonds is 18. The zero-order valence-corrected chi connectivity index (χ0v) is 42.6. The van der Waals surface area contributed by atoms with Gasteiger partial charge in [-0.1, -0.05) is 27.7 Å². The van der Waals surface area contributed by atoms with Gasteiger partial charge in [0.25, 0.3) is 0 Å². The van der Waals surface area contributed by atoms with E-state index in [4.69, 9.17) is 15.2 Å². The molecule has 0 bridgehead atoms. The highest BCUT2D eigenvalue weighted by atomic mass is 32.1. The van der Waals surface area contributed by atoms with Gasteiger partial charge in [0.05, 0.1) is 57.5 Å². The van der Waals surface area contributed by atoms with E-state index in [1.807, 2.05) is 62.7 Å². The number of nitrogens with zero attached hydrogens (tertiary/aromatic N) is 7. The zero-order chi connectivity index (χ0) is 54.7. The Balaban J connectivity index is 0.000000235. The summed E-state index contributed by atoms with van der Waals surface area (Å²) < 4.78 is 88.1. The number of alkyl halides is 6. The summed E-state index contributed by atoms with van der Waals surface area (Å²) in [6.07, 6.45) is -5.55. The van der Waals surface area contributed by atoms with Crippen molar-refractivity contribution in [3.05, 3.63) is 133 Å². The summed E-state index contributed by atoms with van der Waals surface area (Å²) in [6.45, 7) is 11.8. The first kappa shape index (κ1) is 57.8. The summed E-state index contributed by atoms with van der Waals surface area (Å²) in [5.41, 5.74) is 8.25. The first-order chi connectivity index (χ1) is 35.7. The standard InChI is InChI=1S/C26H27F3N6O2.C18H25N5O2.C8H4F3NS/c1-4-35(5-2)16-24(36)33-23-15-20(12-13-30-23)37-19-10-11-22-21(14-19)32-25(34(22)3)31-18-8-6-17(7-9-18)26(27,28)29;1-4-23(5-2)12-18(24)22-17-11-14(8-9-21-17)25-13-6-7-16(20-3)15(19)10-13;9-8(10,11)6-1-3-7(4-2-6)12-5-13/h6-15H,4-5,16H2,1-3H3,(H,31,32)(H,30,33,36);6-11,20H,4-5,12,19H2,1-3H3,(H,21,22,24);1-4H. The first-order valence-corrected chi connectivity index (χ1v) is 23.7. The van der Waals surface area contributed by atoms with E-state index in [1.165, 1.54) is 24.3 Å². The molecule has 3 heterocycles. The molecule has 23 heteroatoms. The smallest absolute Gasteiger partial charge is 0.416 e. The van der Waals surface area contributed by atoms with Crippen LogP contribution in [0.15, 0.2) is 127 Å². The van der Waals surface area contributed by atoms with E-state index in [1.54, 1.807) is 66.5 Å². The van der Waals surface area contributed by atoms with Crippen LogP contribution in [0.4, 0.5) is 66.7 Å². The monoisotopic (exact) mass is 1060 g/mol. The Labute approximate surface area is 435 Å². The lowest BCUT2D eigenvalue weighted by Crippen LogP contribution is -2.33. The number of carbonyl (C=O) groups is 2. The number of ether oxygens (including phenoxy) is 2. The Hall–Kier alpha value is -8.11. The van der Waals surface area contributed by atoms with Gasteiger partial charge in [-0.25, -0.2) is 15.0 Å². The Bertz CT molecular complexity index is 3030. The number of aliphatic imine (C=N–C) groups is 1. The number of carbonyl (C=O) groups excluding carboxylic acids is 2. The van der Waals surface area contributed by atoms with Crippen LogP contribution in [0.3, 0.4) is 0 Å². The van der Waals surface area contributed by atoms with Crippen molar-refractivity contribution >= 4 is 80.6 Å². The maximum atomic E-state index is 12.8. The molecule has 0 atom stereocenters. The van der Waals surface area contributed by atoms with E-state index in [-0.39, 0.29) is 18.4 Å². The minimum Gasteiger partial charge on any atom is -0.457 e. The number of imidazole rings is 1. The molecule has 0 spiro atoms. The predicted octanol–water partition coefficient (Wildman–Crippen LogP) is 12.0. The number of nitrogens with two attached hydrogens (primary N) is 1. The third kappa shape index (κ3) is 17.8. The van der Waals surface area contributed by atoms with Gasteiger partial charge in [0.1, 0.15) is 34.6 Å².